The summed E-state index contributed by atoms with van der Waals surface area (Å²) in [4.78, 5) is 25.1. The quantitative estimate of drug-likeness (QED) is 0.752. The van der Waals surface area contributed by atoms with Crippen LogP contribution in [0.15, 0.2) is 0 Å². The van der Waals surface area contributed by atoms with E-state index in [4.69, 9.17) is 10.5 Å². The van der Waals surface area contributed by atoms with Gasteiger partial charge in [-0.05, 0) is 18.8 Å². The van der Waals surface area contributed by atoms with Crippen LogP contribution < -0.4 is 11.1 Å². The zero-order valence-corrected chi connectivity index (χ0v) is 12.1. The van der Waals surface area contributed by atoms with E-state index in [0.29, 0.717) is 38.6 Å². The highest BCUT2D eigenvalue weighted by atomic mass is 16.5. The first-order chi connectivity index (χ1) is 9.56. The molecule has 0 aromatic carbocycles. The maximum absolute atomic E-state index is 12.3. The highest BCUT2D eigenvalue weighted by Gasteiger charge is 2.30. The van der Waals surface area contributed by atoms with Gasteiger partial charge in [0.15, 0.2) is 0 Å². The highest BCUT2D eigenvalue weighted by Crippen LogP contribution is 2.27. The average Bonchev–Trinajstić information content (AvgIpc) is 2.82. The second-order valence-electron chi connectivity index (χ2n) is 5.83. The lowest BCUT2D eigenvalue weighted by Gasteiger charge is -2.34. The number of morpholine rings is 1. The van der Waals surface area contributed by atoms with Crippen LogP contribution >= 0.6 is 0 Å². The lowest BCUT2D eigenvalue weighted by Crippen LogP contribution is -2.50. The molecule has 0 aromatic heterocycles. The van der Waals surface area contributed by atoms with Crippen molar-refractivity contribution in [3.63, 3.8) is 0 Å². The molecule has 0 bridgehead atoms. The smallest absolute Gasteiger partial charge is 0.223 e. The molecule has 6 heteroatoms. The first kappa shape index (κ1) is 15.3. The number of hydrogen-bond acceptors (Lipinski definition) is 4. The molecule has 6 nitrogen and oxygen atoms in total. The van der Waals surface area contributed by atoms with Crippen molar-refractivity contribution in [2.45, 2.75) is 44.8 Å². The van der Waals surface area contributed by atoms with E-state index in [1.807, 2.05) is 4.90 Å². The van der Waals surface area contributed by atoms with E-state index in [-0.39, 0.29) is 24.0 Å². The van der Waals surface area contributed by atoms with Crippen molar-refractivity contribution in [1.29, 1.82) is 0 Å². The molecule has 1 heterocycles. The number of ether oxygens (including phenoxy) is 1. The Kier molecular flexibility index (Phi) is 5.37. The fraction of sp³-hybridized carbons (Fsp3) is 0.857. The maximum atomic E-state index is 12.3. The van der Waals surface area contributed by atoms with Gasteiger partial charge in [0, 0.05) is 39.0 Å². The second-order valence-corrected chi connectivity index (χ2v) is 5.83. The molecule has 1 unspecified atom stereocenters. The van der Waals surface area contributed by atoms with Crippen molar-refractivity contribution in [2.24, 2.45) is 11.7 Å². The van der Waals surface area contributed by atoms with Crippen molar-refractivity contribution >= 4 is 11.8 Å². The predicted octanol–water partition coefficient (Wildman–Crippen LogP) is -0.133. The molecule has 2 aliphatic rings. The molecule has 1 aliphatic carbocycles. The van der Waals surface area contributed by atoms with Crippen LogP contribution in [0.25, 0.3) is 0 Å². The minimum atomic E-state index is -0.103. The summed E-state index contributed by atoms with van der Waals surface area (Å²) in [7, 11) is 0. The fourth-order valence-corrected chi connectivity index (χ4v) is 3.00. The molecule has 114 valence electrons. The van der Waals surface area contributed by atoms with Gasteiger partial charge >= 0.3 is 0 Å². The third kappa shape index (κ3) is 4.18. The molecule has 2 rings (SSSR count). The SMILES string of the molecule is CC(=O)NCC1CN(C(=O)C[C@@H]2CCC[C@H]2N)CCO1. The van der Waals surface area contributed by atoms with Crippen LogP contribution in [0.2, 0.25) is 0 Å². The van der Waals surface area contributed by atoms with Gasteiger partial charge in [-0.1, -0.05) is 6.42 Å². The van der Waals surface area contributed by atoms with Crippen LogP contribution in [0.3, 0.4) is 0 Å². The van der Waals surface area contributed by atoms with Gasteiger partial charge in [0.25, 0.3) is 0 Å². The lowest BCUT2D eigenvalue weighted by atomic mass is 9.99. The molecule has 2 fully saturated rings. The van der Waals surface area contributed by atoms with Gasteiger partial charge in [0.1, 0.15) is 0 Å². The number of nitrogens with one attached hydrogen (secondary N) is 1. The van der Waals surface area contributed by atoms with Gasteiger partial charge in [-0.2, -0.15) is 0 Å². The molecular formula is C14H25N3O3. The van der Waals surface area contributed by atoms with Gasteiger partial charge in [-0.3, -0.25) is 9.59 Å². The van der Waals surface area contributed by atoms with Crippen molar-refractivity contribution in [2.75, 3.05) is 26.2 Å². The van der Waals surface area contributed by atoms with Gasteiger partial charge in [-0.15, -0.1) is 0 Å². The summed E-state index contributed by atoms with van der Waals surface area (Å²) in [5.74, 6) is 0.427. The van der Waals surface area contributed by atoms with Crippen LogP contribution in [0, 0.1) is 5.92 Å². The number of carbonyl (C=O) groups is 2. The fourth-order valence-electron chi connectivity index (χ4n) is 3.00. The summed E-state index contributed by atoms with van der Waals surface area (Å²) < 4.78 is 5.57. The predicted molar refractivity (Wildman–Crippen MR) is 74.9 cm³/mol. The number of nitrogens with zero attached hydrogens (tertiary/aromatic N) is 1. The van der Waals surface area contributed by atoms with Gasteiger partial charge in [0.2, 0.25) is 11.8 Å². The van der Waals surface area contributed by atoms with E-state index in [0.717, 1.165) is 19.3 Å². The zero-order valence-electron chi connectivity index (χ0n) is 12.1. The van der Waals surface area contributed by atoms with Gasteiger partial charge in [-0.25, -0.2) is 0 Å². The molecular weight excluding hydrogens is 258 g/mol. The molecule has 0 aromatic rings. The summed E-state index contributed by atoms with van der Waals surface area (Å²) in [6, 6.07) is 0.176. The van der Waals surface area contributed by atoms with Crippen LogP contribution in [0.5, 0.6) is 0 Å². The molecule has 0 radical (unpaired) electrons. The van der Waals surface area contributed by atoms with E-state index in [9.17, 15) is 9.59 Å². The molecule has 1 saturated carbocycles. The Bertz CT molecular complexity index is 362. The van der Waals surface area contributed by atoms with Gasteiger partial charge < -0.3 is 20.7 Å². The monoisotopic (exact) mass is 283 g/mol. The Morgan fingerprint density at radius 2 is 2.20 bits per heavy atom. The molecule has 1 saturated heterocycles. The van der Waals surface area contributed by atoms with Crippen LogP contribution in [0.4, 0.5) is 0 Å². The number of rotatable bonds is 4. The van der Waals surface area contributed by atoms with E-state index >= 15 is 0 Å². The van der Waals surface area contributed by atoms with Crippen LogP contribution in [0.1, 0.15) is 32.6 Å². The molecule has 3 atom stereocenters. The minimum Gasteiger partial charge on any atom is -0.373 e. The third-order valence-electron chi connectivity index (χ3n) is 4.22. The summed E-state index contributed by atoms with van der Waals surface area (Å²) in [5, 5.41) is 2.73. The number of hydrogen-bond donors (Lipinski definition) is 2. The summed E-state index contributed by atoms with van der Waals surface area (Å²) in [6.07, 6.45) is 3.68. The third-order valence-corrected chi connectivity index (χ3v) is 4.22. The standard InChI is InChI=1S/C14H25N3O3/c1-10(18)16-8-12-9-17(5-6-20-12)14(19)7-11-3-2-4-13(11)15/h11-13H,2-9,15H2,1H3,(H,16,18)/t11-,12?,13+/m0/s1. The first-order valence-electron chi connectivity index (χ1n) is 7.45. The molecule has 0 spiro atoms. The minimum absolute atomic E-state index is 0.0750. The van der Waals surface area contributed by atoms with Crippen molar-refractivity contribution in [3.8, 4) is 0 Å². The topological polar surface area (TPSA) is 84.7 Å². The van der Waals surface area contributed by atoms with Crippen LogP contribution in [-0.2, 0) is 14.3 Å². The molecule has 3 N–H and O–H groups in total. The zero-order chi connectivity index (χ0) is 14.5. The van der Waals surface area contributed by atoms with Crippen molar-refractivity contribution < 1.29 is 14.3 Å². The molecule has 20 heavy (non-hydrogen) atoms. The largest absolute Gasteiger partial charge is 0.373 e. The number of amides is 2. The van der Waals surface area contributed by atoms with Crippen molar-refractivity contribution in [3.05, 3.63) is 0 Å². The number of nitrogens with two attached hydrogens (primary N) is 1. The molecule has 1 aliphatic heterocycles. The first-order valence-corrected chi connectivity index (χ1v) is 7.45. The Morgan fingerprint density at radius 3 is 2.85 bits per heavy atom. The summed E-state index contributed by atoms with van der Waals surface area (Å²) in [6.45, 7) is 3.67. The van der Waals surface area contributed by atoms with Gasteiger partial charge in [0.05, 0.1) is 12.7 Å². The van der Waals surface area contributed by atoms with E-state index in [1.165, 1.54) is 6.92 Å². The lowest BCUT2D eigenvalue weighted by molar-refractivity contribution is -0.139. The maximum Gasteiger partial charge on any atom is 0.223 e. The Labute approximate surface area is 120 Å². The van der Waals surface area contributed by atoms with Crippen LogP contribution in [-0.4, -0.2) is 55.1 Å². The van der Waals surface area contributed by atoms with E-state index in [1.54, 1.807) is 0 Å². The second kappa shape index (κ2) is 7.04. The van der Waals surface area contributed by atoms with Crippen molar-refractivity contribution in [1.82, 2.24) is 10.2 Å². The highest BCUT2D eigenvalue weighted by molar-refractivity contribution is 5.76. The molecule has 2 amide bonds. The number of carbonyl (C=O) groups excluding carboxylic acids is 2. The normalized spacial score (nSPS) is 30.3. The van der Waals surface area contributed by atoms with E-state index in [2.05, 4.69) is 5.32 Å². The summed E-state index contributed by atoms with van der Waals surface area (Å²) in [5.41, 5.74) is 6.02. The average molecular weight is 283 g/mol. The Morgan fingerprint density at radius 1 is 1.40 bits per heavy atom. The summed E-state index contributed by atoms with van der Waals surface area (Å²) >= 11 is 0. The Hall–Kier alpha value is -1.14. The Balaban J connectivity index is 1.78. The van der Waals surface area contributed by atoms with E-state index < -0.39 is 0 Å².